The first-order valence-electron chi connectivity index (χ1n) is 7.08. The summed E-state index contributed by atoms with van der Waals surface area (Å²) in [6.45, 7) is 7.07. The maximum atomic E-state index is 11.5. The summed E-state index contributed by atoms with van der Waals surface area (Å²) in [7, 11) is 2.97. The Bertz CT molecular complexity index is 685. The lowest BCUT2D eigenvalue weighted by Gasteiger charge is -2.37. The van der Waals surface area contributed by atoms with Crippen molar-refractivity contribution >= 4 is 29.8 Å². The highest BCUT2D eigenvalue weighted by molar-refractivity contribution is 6.51. The molecule has 0 saturated heterocycles. The first-order valence-corrected chi connectivity index (χ1v) is 7.08. The number of aliphatic hydroxyl groups is 1. The Morgan fingerprint density at radius 3 is 2.55 bits per heavy atom. The number of rotatable bonds is 5. The van der Waals surface area contributed by atoms with E-state index in [1.807, 2.05) is 19.9 Å². The van der Waals surface area contributed by atoms with Crippen molar-refractivity contribution in [2.45, 2.75) is 38.9 Å². The van der Waals surface area contributed by atoms with Gasteiger partial charge in [-0.3, -0.25) is 0 Å². The van der Waals surface area contributed by atoms with Crippen LogP contribution in [-0.4, -0.2) is 41.9 Å². The molecule has 5 nitrogen and oxygen atoms in total. The van der Waals surface area contributed by atoms with Gasteiger partial charge in [0.2, 0.25) is 0 Å². The van der Waals surface area contributed by atoms with Gasteiger partial charge in [-0.25, -0.2) is 4.79 Å². The second-order valence-corrected chi connectivity index (χ2v) is 6.30. The Hall–Kier alpha value is -1.79. The number of ether oxygens (including phenoxy) is 1. The molecule has 0 aliphatic carbocycles. The molecule has 0 atom stereocenters. The second-order valence-electron chi connectivity index (χ2n) is 6.30. The number of carbonyl (C=O) groups is 1. The highest BCUT2D eigenvalue weighted by Gasteiger charge is 2.35. The minimum Gasteiger partial charge on any atom is -0.465 e. The molecule has 0 unspecified atom stereocenters. The van der Waals surface area contributed by atoms with Crippen LogP contribution >= 0.6 is 0 Å². The summed E-state index contributed by atoms with van der Waals surface area (Å²) in [4.78, 5) is 14.6. The SMILES string of the molecule is COC(=O)c1ccc2c([B]OC(C)(C)C(C)(C)O)c[nH]c2c1. The van der Waals surface area contributed by atoms with Crippen LogP contribution in [0.5, 0.6) is 0 Å². The Morgan fingerprint density at radius 2 is 1.95 bits per heavy atom. The fraction of sp³-hybridized carbons (Fsp3) is 0.438. The maximum Gasteiger partial charge on any atom is 0.337 e. The first-order chi connectivity index (χ1) is 10.2. The summed E-state index contributed by atoms with van der Waals surface area (Å²) >= 11 is 0. The Balaban J connectivity index is 2.22. The molecule has 117 valence electrons. The minimum atomic E-state index is -0.979. The van der Waals surface area contributed by atoms with Crippen LogP contribution in [0.4, 0.5) is 0 Å². The van der Waals surface area contributed by atoms with E-state index in [2.05, 4.69) is 4.98 Å². The number of benzene rings is 1. The van der Waals surface area contributed by atoms with E-state index in [9.17, 15) is 9.90 Å². The Kier molecular flexibility index (Phi) is 4.36. The van der Waals surface area contributed by atoms with Crippen molar-refractivity contribution in [1.29, 1.82) is 0 Å². The van der Waals surface area contributed by atoms with Gasteiger partial charge in [0, 0.05) is 5.52 Å². The number of hydrogen-bond donors (Lipinski definition) is 2. The van der Waals surface area contributed by atoms with Crippen molar-refractivity contribution < 1.29 is 19.3 Å². The van der Waals surface area contributed by atoms with Crippen molar-refractivity contribution in [2.75, 3.05) is 7.11 Å². The number of methoxy groups -OCH3 is 1. The number of esters is 1. The van der Waals surface area contributed by atoms with E-state index < -0.39 is 11.2 Å². The number of aromatic nitrogens is 1. The molecule has 0 amide bonds. The molecule has 0 aliphatic heterocycles. The third kappa shape index (κ3) is 3.18. The van der Waals surface area contributed by atoms with Crippen molar-refractivity contribution in [3.05, 3.63) is 30.0 Å². The van der Waals surface area contributed by atoms with Crippen molar-refractivity contribution in [2.24, 2.45) is 0 Å². The summed E-state index contributed by atoms with van der Waals surface area (Å²) in [6.07, 6.45) is 1.80. The number of H-pyrrole nitrogens is 1. The quantitative estimate of drug-likeness (QED) is 0.652. The van der Waals surface area contributed by atoms with Crippen LogP contribution in [0.3, 0.4) is 0 Å². The summed E-state index contributed by atoms with van der Waals surface area (Å²) in [6, 6.07) is 5.28. The second kappa shape index (κ2) is 5.78. The highest BCUT2D eigenvalue weighted by atomic mass is 16.5. The van der Waals surface area contributed by atoms with E-state index in [1.54, 1.807) is 39.7 Å². The van der Waals surface area contributed by atoms with Crippen LogP contribution in [0, 0.1) is 0 Å². The molecule has 0 aliphatic rings. The van der Waals surface area contributed by atoms with Gasteiger partial charge in [-0.2, -0.15) is 0 Å². The molecule has 2 rings (SSSR count). The van der Waals surface area contributed by atoms with Crippen LogP contribution < -0.4 is 5.46 Å². The summed E-state index contributed by atoms with van der Waals surface area (Å²) < 4.78 is 10.5. The van der Waals surface area contributed by atoms with Crippen LogP contribution in [-0.2, 0) is 9.39 Å². The van der Waals surface area contributed by atoms with E-state index in [0.717, 1.165) is 16.4 Å². The summed E-state index contributed by atoms with van der Waals surface area (Å²) in [5.74, 6) is -0.374. The molecule has 2 N–H and O–H groups in total. The monoisotopic (exact) mass is 302 g/mol. The van der Waals surface area contributed by atoms with Gasteiger partial charge in [-0.15, -0.1) is 0 Å². The lowest BCUT2D eigenvalue weighted by atomic mass is 9.82. The summed E-state index contributed by atoms with van der Waals surface area (Å²) in [5, 5.41) is 11.0. The third-order valence-corrected chi connectivity index (χ3v) is 4.09. The Morgan fingerprint density at radius 1 is 1.27 bits per heavy atom. The topological polar surface area (TPSA) is 71.6 Å². The first kappa shape index (κ1) is 16.6. The molecule has 2 aromatic rings. The molecule has 0 bridgehead atoms. The molecule has 1 aromatic carbocycles. The molecule has 1 heterocycles. The average molecular weight is 302 g/mol. The van der Waals surface area contributed by atoms with E-state index in [-0.39, 0.29) is 5.97 Å². The number of hydrogen-bond acceptors (Lipinski definition) is 4. The number of fused-ring (bicyclic) bond motifs is 1. The molecule has 0 saturated carbocycles. The molecule has 1 aromatic heterocycles. The number of nitrogens with one attached hydrogen (secondary N) is 1. The lowest BCUT2D eigenvalue weighted by Crippen LogP contribution is -2.49. The van der Waals surface area contributed by atoms with Gasteiger partial charge in [0.1, 0.15) is 0 Å². The van der Waals surface area contributed by atoms with Gasteiger partial charge in [-0.1, -0.05) is 6.07 Å². The van der Waals surface area contributed by atoms with Gasteiger partial charge in [0.05, 0.1) is 23.9 Å². The normalized spacial score (nSPS) is 12.5. The van der Waals surface area contributed by atoms with E-state index in [4.69, 9.17) is 9.39 Å². The molecule has 22 heavy (non-hydrogen) atoms. The van der Waals surface area contributed by atoms with Gasteiger partial charge in [0.15, 0.2) is 0 Å². The number of aromatic amines is 1. The largest absolute Gasteiger partial charge is 0.465 e. The standard InChI is InChI=1S/C16H21BNO4/c1-15(2,20)16(3,4)22-17-12-9-18-13-8-10(14(19)21-5)6-7-11(12)13/h6-9,18,20H,1-5H3. The molecular formula is C16H21BNO4. The van der Waals surface area contributed by atoms with Gasteiger partial charge >= 0.3 is 13.5 Å². The summed E-state index contributed by atoms with van der Waals surface area (Å²) in [5.41, 5.74) is 0.444. The van der Waals surface area contributed by atoms with Crippen molar-refractivity contribution in [3.8, 4) is 0 Å². The lowest BCUT2D eigenvalue weighted by molar-refractivity contribution is -0.0893. The maximum absolute atomic E-state index is 11.5. The molecule has 0 fully saturated rings. The van der Waals surface area contributed by atoms with Crippen LogP contribution in [0.2, 0.25) is 0 Å². The highest BCUT2D eigenvalue weighted by Crippen LogP contribution is 2.24. The minimum absolute atomic E-state index is 0.374. The van der Waals surface area contributed by atoms with Crippen molar-refractivity contribution in [1.82, 2.24) is 4.98 Å². The predicted molar refractivity (Wildman–Crippen MR) is 86.5 cm³/mol. The zero-order chi connectivity index (χ0) is 16.5. The third-order valence-electron chi connectivity index (χ3n) is 4.09. The molecular weight excluding hydrogens is 281 g/mol. The Labute approximate surface area is 130 Å². The van der Waals surface area contributed by atoms with E-state index >= 15 is 0 Å². The van der Waals surface area contributed by atoms with Crippen molar-refractivity contribution in [3.63, 3.8) is 0 Å². The number of carbonyl (C=O) groups excluding carboxylic acids is 1. The van der Waals surface area contributed by atoms with Gasteiger partial charge in [-0.05, 0) is 56.9 Å². The van der Waals surface area contributed by atoms with Crippen LogP contribution in [0.1, 0.15) is 38.1 Å². The average Bonchev–Trinajstić information content (AvgIpc) is 2.85. The van der Waals surface area contributed by atoms with Gasteiger partial charge in [0.25, 0.3) is 0 Å². The van der Waals surface area contributed by atoms with Gasteiger partial charge < -0.3 is 19.5 Å². The molecule has 6 heteroatoms. The van der Waals surface area contributed by atoms with E-state index in [0.29, 0.717) is 5.56 Å². The fourth-order valence-corrected chi connectivity index (χ4v) is 1.85. The smallest absolute Gasteiger partial charge is 0.337 e. The zero-order valence-electron chi connectivity index (χ0n) is 13.6. The van der Waals surface area contributed by atoms with Crippen LogP contribution in [0.15, 0.2) is 24.4 Å². The molecule has 0 spiro atoms. The zero-order valence-corrected chi connectivity index (χ0v) is 13.6. The van der Waals surface area contributed by atoms with Crippen LogP contribution in [0.25, 0.3) is 10.9 Å². The predicted octanol–water partition coefficient (Wildman–Crippen LogP) is 1.77. The van der Waals surface area contributed by atoms with E-state index in [1.165, 1.54) is 7.11 Å². The molecule has 1 radical (unpaired) electrons. The fourth-order valence-electron chi connectivity index (χ4n) is 1.85.